The van der Waals surface area contributed by atoms with Crippen LogP contribution in [0.1, 0.15) is 20.8 Å². The van der Waals surface area contributed by atoms with Gasteiger partial charge in [-0.15, -0.1) is 0 Å². The average Bonchev–Trinajstić information content (AvgIpc) is 2.79. The summed E-state index contributed by atoms with van der Waals surface area (Å²) < 4.78 is 1.86. The summed E-state index contributed by atoms with van der Waals surface area (Å²) in [6.07, 6.45) is 5.15. The summed E-state index contributed by atoms with van der Waals surface area (Å²) in [5, 5.41) is 14.2. The highest BCUT2D eigenvalue weighted by Crippen LogP contribution is 2.02. The van der Waals surface area contributed by atoms with E-state index in [9.17, 15) is 9.59 Å². The lowest BCUT2D eigenvalue weighted by Crippen LogP contribution is -2.48. The summed E-state index contributed by atoms with van der Waals surface area (Å²) in [7, 11) is 0. The second-order valence-electron chi connectivity index (χ2n) is 4.69. The van der Waals surface area contributed by atoms with Crippen LogP contribution in [0.2, 0.25) is 0 Å². The fourth-order valence-electron chi connectivity index (χ4n) is 1.57. The van der Waals surface area contributed by atoms with Crippen LogP contribution in [-0.4, -0.2) is 38.7 Å². The molecule has 0 saturated carbocycles. The highest BCUT2D eigenvalue weighted by atomic mass is 16.4. The van der Waals surface area contributed by atoms with Gasteiger partial charge in [-0.25, -0.2) is 9.78 Å². The van der Waals surface area contributed by atoms with Crippen LogP contribution in [0.15, 0.2) is 18.7 Å². The third kappa shape index (κ3) is 4.99. The molecule has 0 radical (unpaired) electrons. The van der Waals surface area contributed by atoms with E-state index in [0.717, 1.165) is 0 Å². The van der Waals surface area contributed by atoms with Gasteiger partial charge < -0.3 is 20.3 Å². The maximum atomic E-state index is 11.7. The second kappa shape index (κ2) is 6.77. The Bertz CT molecular complexity index is 419. The molecule has 3 unspecified atom stereocenters. The monoisotopic (exact) mass is 268 g/mol. The summed E-state index contributed by atoms with van der Waals surface area (Å²) in [6.45, 7) is 5.70. The molecule has 2 amide bonds. The van der Waals surface area contributed by atoms with Crippen molar-refractivity contribution in [1.29, 1.82) is 0 Å². The zero-order valence-corrected chi connectivity index (χ0v) is 11.3. The van der Waals surface area contributed by atoms with Gasteiger partial charge in [-0.2, -0.15) is 0 Å². The van der Waals surface area contributed by atoms with E-state index in [1.165, 1.54) is 0 Å². The molecule has 0 aromatic carbocycles. The Morgan fingerprint density at radius 3 is 2.53 bits per heavy atom. The number of hydrogen-bond acceptors (Lipinski definition) is 3. The highest BCUT2D eigenvalue weighted by Gasteiger charge is 2.21. The van der Waals surface area contributed by atoms with Gasteiger partial charge in [-0.1, -0.05) is 0 Å². The van der Waals surface area contributed by atoms with E-state index in [4.69, 9.17) is 5.11 Å². The van der Waals surface area contributed by atoms with Gasteiger partial charge in [0.15, 0.2) is 0 Å². The number of aliphatic carboxylic acids is 1. The molecule has 106 valence electrons. The Labute approximate surface area is 112 Å². The molecule has 19 heavy (non-hydrogen) atoms. The first kappa shape index (κ1) is 15.0. The minimum Gasteiger partial charge on any atom is -0.481 e. The van der Waals surface area contributed by atoms with Crippen molar-refractivity contribution in [2.75, 3.05) is 0 Å². The van der Waals surface area contributed by atoms with Crippen LogP contribution in [0.25, 0.3) is 0 Å². The Balaban J connectivity index is 2.36. The minimum atomic E-state index is -0.931. The first-order valence-corrected chi connectivity index (χ1v) is 6.15. The van der Waals surface area contributed by atoms with Gasteiger partial charge in [-0.05, 0) is 20.8 Å². The van der Waals surface area contributed by atoms with Crippen molar-refractivity contribution in [3.05, 3.63) is 18.7 Å². The number of aromatic nitrogens is 2. The van der Waals surface area contributed by atoms with Crippen LogP contribution in [0.5, 0.6) is 0 Å². The number of nitrogens with one attached hydrogen (secondary N) is 2. The molecular weight excluding hydrogens is 248 g/mol. The molecule has 0 spiro atoms. The van der Waals surface area contributed by atoms with Gasteiger partial charge in [0, 0.05) is 31.0 Å². The lowest BCUT2D eigenvalue weighted by molar-refractivity contribution is -0.141. The zero-order chi connectivity index (χ0) is 14.4. The van der Waals surface area contributed by atoms with E-state index in [2.05, 4.69) is 15.6 Å². The molecule has 1 aromatic heterocycles. The number of urea groups is 1. The molecule has 1 aromatic rings. The molecule has 7 nitrogen and oxygen atoms in total. The lowest BCUT2D eigenvalue weighted by Gasteiger charge is -2.20. The van der Waals surface area contributed by atoms with Crippen molar-refractivity contribution in [1.82, 2.24) is 20.2 Å². The number of amides is 2. The lowest BCUT2D eigenvalue weighted by atomic mass is 10.0. The molecule has 3 N–H and O–H groups in total. The van der Waals surface area contributed by atoms with E-state index in [0.29, 0.717) is 6.54 Å². The summed E-state index contributed by atoms with van der Waals surface area (Å²) in [4.78, 5) is 26.4. The number of rotatable bonds is 6. The minimum absolute atomic E-state index is 0.0819. The number of carboxylic acid groups (broad SMARTS) is 1. The molecule has 1 heterocycles. The Morgan fingerprint density at radius 2 is 2.00 bits per heavy atom. The van der Waals surface area contributed by atoms with Gasteiger partial charge in [0.05, 0.1) is 12.2 Å². The van der Waals surface area contributed by atoms with E-state index in [1.807, 2.05) is 17.7 Å². The number of imidazole rings is 1. The average molecular weight is 268 g/mol. The van der Waals surface area contributed by atoms with Crippen LogP contribution in [0.3, 0.4) is 0 Å². The van der Waals surface area contributed by atoms with Crippen LogP contribution < -0.4 is 10.6 Å². The highest BCUT2D eigenvalue weighted by molar-refractivity contribution is 5.76. The zero-order valence-electron chi connectivity index (χ0n) is 11.3. The standard InChI is InChI=1S/C12H20N4O3/c1-8(6-16-5-4-13-7-16)14-12(19)15-10(3)9(2)11(17)18/h4-5,7-10H,6H2,1-3H3,(H,17,18)(H2,14,15,19). The largest absolute Gasteiger partial charge is 0.481 e. The van der Waals surface area contributed by atoms with E-state index >= 15 is 0 Å². The van der Waals surface area contributed by atoms with Crippen LogP contribution in [-0.2, 0) is 11.3 Å². The molecule has 0 aliphatic rings. The van der Waals surface area contributed by atoms with Crippen LogP contribution in [0, 0.1) is 5.92 Å². The summed E-state index contributed by atoms with van der Waals surface area (Å²) in [6, 6.07) is -0.882. The summed E-state index contributed by atoms with van der Waals surface area (Å²) in [5.41, 5.74) is 0. The molecule has 0 saturated heterocycles. The smallest absolute Gasteiger partial charge is 0.315 e. The fourth-order valence-corrected chi connectivity index (χ4v) is 1.57. The molecule has 0 aliphatic heterocycles. The third-order valence-electron chi connectivity index (χ3n) is 2.92. The van der Waals surface area contributed by atoms with Crippen LogP contribution in [0.4, 0.5) is 4.79 Å². The van der Waals surface area contributed by atoms with Gasteiger partial charge in [0.1, 0.15) is 0 Å². The Kier molecular flexibility index (Phi) is 5.35. The van der Waals surface area contributed by atoms with Crippen molar-refractivity contribution in [2.45, 2.75) is 39.4 Å². The number of nitrogens with zero attached hydrogens (tertiary/aromatic N) is 2. The fraction of sp³-hybridized carbons (Fsp3) is 0.583. The number of carbonyl (C=O) groups is 2. The van der Waals surface area contributed by atoms with Crippen LogP contribution >= 0.6 is 0 Å². The molecule has 0 aliphatic carbocycles. The molecule has 1 rings (SSSR count). The van der Waals surface area contributed by atoms with E-state index < -0.39 is 17.9 Å². The van der Waals surface area contributed by atoms with Gasteiger partial charge in [0.2, 0.25) is 0 Å². The topological polar surface area (TPSA) is 96.3 Å². The number of carbonyl (C=O) groups excluding carboxylic acids is 1. The van der Waals surface area contributed by atoms with Gasteiger partial charge >= 0.3 is 12.0 Å². The second-order valence-corrected chi connectivity index (χ2v) is 4.69. The molecule has 7 heteroatoms. The molecular formula is C12H20N4O3. The van der Waals surface area contributed by atoms with Crippen molar-refractivity contribution in [3.8, 4) is 0 Å². The van der Waals surface area contributed by atoms with Crippen molar-refractivity contribution < 1.29 is 14.7 Å². The Hall–Kier alpha value is -2.05. The molecule has 3 atom stereocenters. The summed E-state index contributed by atoms with van der Waals surface area (Å²) in [5.74, 6) is -1.56. The SMILES string of the molecule is CC(Cn1ccnc1)NC(=O)NC(C)C(C)C(=O)O. The quantitative estimate of drug-likeness (QED) is 0.707. The van der Waals surface area contributed by atoms with Crippen molar-refractivity contribution in [3.63, 3.8) is 0 Å². The molecule has 0 bridgehead atoms. The van der Waals surface area contributed by atoms with Gasteiger partial charge in [-0.3, -0.25) is 4.79 Å². The van der Waals surface area contributed by atoms with Gasteiger partial charge in [0.25, 0.3) is 0 Å². The number of hydrogen-bond donors (Lipinski definition) is 3. The van der Waals surface area contributed by atoms with E-state index in [1.54, 1.807) is 26.4 Å². The Morgan fingerprint density at radius 1 is 1.32 bits per heavy atom. The maximum Gasteiger partial charge on any atom is 0.315 e. The summed E-state index contributed by atoms with van der Waals surface area (Å²) >= 11 is 0. The van der Waals surface area contributed by atoms with Crippen molar-refractivity contribution >= 4 is 12.0 Å². The van der Waals surface area contributed by atoms with E-state index in [-0.39, 0.29) is 12.1 Å². The molecule has 0 fully saturated rings. The maximum absolute atomic E-state index is 11.7. The van der Waals surface area contributed by atoms with Crippen molar-refractivity contribution in [2.24, 2.45) is 5.92 Å². The third-order valence-corrected chi connectivity index (χ3v) is 2.92. The normalized spacial score (nSPS) is 15.3. The number of carboxylic acids is 1. The first-order valence-electron chi connectivity index (χ1n) is 6.15. The predicted octanol–water partition coefficient (Wildman–Crippen LogP) is 0.680. The predicted molar refractivity (Wildman–Crippen MR) is 69.6 cm³/mol. The first-order chi connectivity index (χ1) is 8.90.